The zero-order chi connectivity index (χ0) is 24.4. The van der Waals surface area contributed by atoms with Gasteiger partial charge in [0, 0.05) is 35.8 Å². The third-order valence-corrected chi connectivity index (χ3v) is 8.02. The van der Waals surface area contributed by atoms with Gasteiger partial charge in [0.2, 0.25) is 5.91 Å². The Morgan fingerprint density at radius 3 is 2.71 bits per heavy atom. The van der Waals surface area contributed by atoms with Crippen LogP contribution in [0.1, 0.15) is 50.6 Å². The van der Waals surface area contributed by atoms with Gasteiger partial charge in [0.05, 0.1) is 34.2 Å². The van der Waals surface area contributed by atoms with E-state index in [0.29, 0.717) is 5.56 Å². The average molecular weight is 485 g/mol. The number of nitrogens with one attached hydrogen (secondary N) is 2. The Balaban J connectivity index is 1.32. The molecule has 0 atom stereocenters. The molecular weight excluding hydrogens is 460 g/mol. The van der Waals surface area contributed by atoms with Crippen molar-refractivity contribution < 1.29 is 4.79 Å². The zero-order valence-electron chi connectivity index (χ0n) is 19.7. The molecule has 3 fully saturated rings. The second-order valence-corrected chi connectivity index (χ2v) is 11.0. The molecule has 3 aliphatic rings. The Kier molecular flexibility index (Phi) is 4.70. The molecule has 3 aliphatic carbocycles. The predicted octanol–water partition coefficient (Wildman–Crippen LogP) is 3.92. The first-order valence-corrected chi connectivity index (χ1v) is 12.4. The Morgan fingerprint density at radius 1 is 1.20 bits per heavy atom. The third kappa shape index (κ3) is 3.46. The van der Waals surface area contributed by atoms with Crippen molar-refractivity contribution in [1.82, 2.24) is 30.1 Å². The molecule has 1 amide bonds. The van der Waals surface area contributed by atoms with E-state index in [4.69, 9.17) is 10.2 Å². The highest BCUT2D eigenvalue weighted by atomic mass is 32.1. The van der Waals surface area contributed by atoms with E-state index in [-0.39, 0.29) is 22.9 Å². The lowest BCUT2D eigenvalue weighted by molar-refractivity contribution is -0.136. The number of amides is 1. The average Bonchev–Trinajstić information content (AvgIpc) is 3.41. The van der Waals surface area contributed by atoms with E-state index >= 15 is 0 Å². The van der Waals surface area contributed by atoms with Gasteiger partial charge in [0.1, 0.15) is 11.1 Å². The van der Waals surface area contributed by atoms with E-state index in [1.807, 2.05) is 30.5 Å². The molecule has 2 bridgehead atoms. The van der Waals surface area contributed by atoms with Crippen LogP contribution in [-0.2, 0) is 10.2 Å². The maximum Gasteiger partial charge on any atom is 0.217 e. The quantitative estimate of drug-likeness (QED) is 0.425. The summed E-state index contributed by atoms with van der Waals surface area (Å²) in [6.07, 6.45) is 6.20. The van der Waals surface area contributed by atoms with E-state index < -0.39 is 0 Å². The summed E-state index contributed by atoms with van der Waals surface area (Å²) in [5.74, 6) is 0.0308. The van der Waals surface area contributed by atoms with Crippen molar-refractivity contribution in [1.29, 1.82) is 5.26 Å². The topological polar surface area (TPSA) is 121 Å². The molecule has 0 saturated heterocycles. The van der Waals surface area contributed by atoms with E-state index in [9.17, 15) is 4.79 Å². The minimum Gasteiger partial charge on any atom is -0.382 e. The van der Waals surface area contributed by atoms with Gasteiger partial charge in [-0.2, -0.15) is 10.4 Å². The van der Waals surface area contributed by atoms with E-state index in [1.54, 1.807) is 29.0 Å². The third-order valence-electron chi connectivity index (χ3n) is 6.82. The number of hydrogen-bond acceptors (Lipinski definition) is 8. The van der Waals surface area contributed by atoms with Crippen LogP contribution in [0.25, 0.3) is 27.5 Å². The molecule has 4 heterocycles. The summed E-state index contributed by atoms with van der Waals surface area (Å²) in [5, 5.41) is 31.1. The van der Waals surface area contributed by atoms with Crippen LogP contribution in [0.3, 0.4) is 0 Å². The highest BCUT2D eigenvalue weighted by molar-refractivity contribution is 7.14. The van der Waals surface area contributed by atoms with Crippen molar-refractivity contribution in [2.24, 2.45) is 0 Å². The highest BCUT2D eigenvalue weighted by Crippen LogP contribution is 2.68. The maximum atomic E-state index is 11.5. The van der Waals surface area contributed by atoms with Crippen LogP contribution in [0.2, 0.25) is 0 Å². The van der Waals surface area contributed by atoms with Crippen LogP contribution in [0.5, 0.6) is 0 Å². The van der Waals surface area contributed by atoms with Crippen LogP contribution in [0, 0.1) is 11.3 Å². The molecule has 0 spiro atoms. The molecule has 176 valence electrons. The number of carbonyl (C=O) groups is 1. The molecule has 7 rings (SSSR count). The number of nitriles is 1. The summed E-state index contributed by atoms with van der Waals surface area (Å²) in [5.41, 5.74) is 4.84. The first kappa shape index (κ1) is 21.7. The number of carbonyl (C=O) groups excluding carboxylic acids is 1. The lowest BCUT2D eigenvalue weighted by Crippen LogP contribution is -2.76. The first-order valence-electron chi connectivity index (χ1n) is 11.6. The Labute approximate surface area is 206 Å². The molecule has 0 radical (unpaired) electrons. The lowest BCUT2D eigenvalue weighted by Gasteiger charge is -2.69. The van der Waals surface area contributed by atoms with Gasteiger partial charge >= 0.3 is 0 Å². The van der Waals surface area contributed by atoms with Gasteiger partial charge in [0.15, 0.2) is 5.01 Å². The molecule has 4 aromatic rings. The summed E-state index contributed by atoms with van der Waals surface area (Å²) < 4.78 is 1.79. The monoisotopic (exact) mass is 484 g/mol. The summed E-state index contributed by atoms with van der Waals surface area (Å²) in [6.45, 7) is 5.76. The molecule has 10 heteroatoms. The molecule has 2 N–H and O–H groups in total. The largest absolute Gasteiger partial charge is 0.382 e. The number of aromatic nitrogens is 5. The lowest BCUT2D eigenvalue weighted by atomic mass is 9.39. The van der Waals surface area contributed by atoms with Gasteiger partial charge in [0.25, 0.3) is 0 Å². The van der Waals surface area contributed by atoms with E-state index in [2.05, 4.69) is 45.8 Å². The van der Waals surface area contributed by atoms with Crippen molar-refractivity contribution in [3.63, 3.8) is 0 Å². The molecule has 3 saturated carbocycles. The van der Waals surface area contributed by atoms with Crippen molar-refractivity contribution >= 4 is 28.4 Å². The second kappa shape index (κ2) is 7.58. The van der Waals surface area contributed by atoms with Crippen molar-refractivity contribution in [2.45, 2.75) is 57.0 Å². The molecule has 0 aliphatic heterocycles. The van der Waals surface area contributed by atoms with Crippen LogP contribution in [-0.4, -0.2) is 42.3 Å². The predicted molar refractivity (Wildman–Crippen MR) is 133 cm³/mol. The summed E-state index contributed by atoms with van der Waals surface area (Å²) in [6, 6.07) is 10.1. The fraction of sp³-hybridized carbons (Fsp3) is 0.360. The van der Waals surface area contributed by atoms with E-state index in [0.717, 1.165) is 57.4 Å². The van der Waals surface area contributed by atoms with Gasteiger partial charge in [-0.3, -0.25) is 9.78 Å². The summed E-state index contributed by atoms with van der Waals surface area (Å²) in [4.78, 5) is 16.2. The molecule has 0 aromatic carbocycles. The minimum absolute atomic E-state index is 0.0308. The molecule has 4 aromatic heterocycles. The standard InChI is InChI=1S/C25H24N8OS/c1-14(2)29-19-7-20(21-5-4-17-6-16(8-26)9-28-33(17)21)27-10-18(19)22-31-32-23(35-22)24-11-25(12-24,13-24)30-15(3)34/h4-7,9-10,14H,11-13H2,1-3H3,(H,27,29)(H,30,34). The zero-order valence-corrected chi connectivity index (χ0v) is 20.5. The number of hydrogen-bond donors (Lipinski definition) is 2. The molecule has 9 nitrogen and oxygen atoms in total. The van der Waals surface area contributed by atoms with Crippen molar-refractivity contribution in [2.75, 3.05) is 5.32 Å². The highest BCUT2D eigenvalue weighted by Gasteiger charge is 2.70. The first-order chi connectivity index (χ1) is 16.8. The van der Waals surface area contributed by atoms with Gasteiger partial charge < -0.3 is 10.6 Å². The van der Waals surface area contributed by atoms with Gasteiger partial charge in [-0.1, -0.05) is 11.3 Å². The number of anilines is 1. The van der Waals surface area contributed by atoms with Gasteiger partial charge in [-0.25, -0.2) is 4.52 Å². The van der Waals surface area contributed by atoms with Crippen LogP contribution in [0.15, 0.2) is 36.7 Å². The van der Waals surface area contributed by atoms with E-state index in [1.165, 1.54) is 0 Å². The van der Waals surface area contributed by atoms with Crippen molar-refractivity contribution in [3.05, 3.63) is 47.2 Å². The smallest absolute Gasteiger partial charge is 0.217 e. The maximum absolute atomic E-state index is 11.5. The normalized spacial score (nSPS) is 22.4. The van der Waals surface area contributed by atoms with Crippen molar-refractivity contribution in [3.8, 4) is 28.0 Å². The fourth-order valence-corrected chi connectivity index (χ4v) is 6.57. The number of nitrogens with zero attached hydrogens (tertiary/aromatic N) is 6. The number of rotatable bonds is 6. The molecule has 0 unspecified atom stereocenters. The second-order valence-electron chi connectivity index (χ2n) is 10.0. The molecular formula is C25H24N8OS. The van der Waals surface area contributed by atoms with Crippen LogP contribution < -0.4 is 10.6 Å². The van der Waals surface area contributed by atoms with Crippen LogP contribution >= 0.6 is 11.3 Å². The number of pyridine rings is 1. The SMILES string of the molecule is CC(=O)NC12CC(c3nnc(-c4cnc(-c5ccc6cc(C#N)cnn56)cc4NC(C)C)s3)(C1)C2. The fourth-order valence-electron chi connectivity index (χ4n) is 5.52. The molecule has 35 heavy (non-hydrogen) atoms. The minimum atomic E-state index is -0.0345. The van der Waals surface area contributed by atoms with Gasteiger partial charge in [-0.15, -0.1) is 10.2 Å². The number of fused-ring (bicyclic) bond motifs is 1. The Morgan fingerprint density at radius 2 is 2.00 bits per heavy atom. The Bertz CT molecular complexity index is 1510. The Hall–Kier alpha value is -3.84. The van der Waals surface area contributed by atoms with Gasteiger partial charge in [-0.05, 0) is 57.4 Å². The summed E-state index contributed by atoms with van der Waals surface area (Å²) in [7, 11) is 0. The summed E-state index contributed by atoms with van der Waals surface area (Å²) >= 11 is 1.61. The van der Waals surface area contributed by atoms with Crippen LogP contribution in [0.4, 0.5) is 5.69 Å².